The Balaban J connectivity index is 1.48. The third kappa shape index (κ3) is 3.98. The monoisotopic (exact) mass is 406 g/mol. The van der Waals surface area contributed by atoms with E-state index in [9.17, 15) is 0 Å². The van der Waals surface area contributed by atoms with Gasteiger partial charge in [-0.3, -0.25) is 0 Å². The van der Waals surface area contributed by atoms with Gasteiger partial charge in [0.1, 0.15) is 23.5 Å². The maximum atomic E-state index is 6.09. The molecule has 148 valence electrons. The first-order chi connectivity index (χ1) is 14.4. The number of hydrogen-bond donors (Lipinski definition) is 0. The Morgan fingerprint density at radius 1 is 1.03 bits per heavy atom. The molecule has 0 atom stereocenters. The summed E-state index contributed by atoms with van der Waals surface area (Å²) in [7, 11) is 0. The minimum absolute atomic E-state index is 0.175. The zero-order valence-electron chi connectivity index (χ0n) is 16.0. The average Bonchev–Trinajstić information content (AvgIpc) is 3.44. The Morgan fingerprint density at radius 3 is 2.69 bits per heavy atom. The molecule has 0 amide bonds. The predicted octanol–water partition coefficient (Wildman–Crippen LogP) is 6.24. The molecule has 1 aliphatic rings. The fraction of sp³-hybridized carbons (Fsp3) is 0.304. The van der Waals surface area contributed by atoms with E-state index in [1.807, 2.05) is 47.8 Å². The molecule has 2 aromatic heterocycles. The van der Waals surface area contributed by atoms with Crippen LogP contribution in [-0.4, -0.2) is 16.1 Å². The first-order valence-corrected chi connectivity index (χ1v) is 10.9. The molecule has 0 aliphatic heterocycles. The van der Waals surface area contributed by atoms with Crippen molar-refractivity contribution in [1.29, 1.82) is 0 Å². The molecule has 2 aromatic carbocycles. The van der Waals surface area contributed by atoms with Gasteiger partial charge in [-0.15, -0.1) is 11.3 Å². The van der Waals surface area contributed by atoms with E-state index in [2.05, 4.69) is 9.97 Å². The zero-order valence-corrected chi connectivity index (χ0v) is 16.9. The molecule has 0 radical (unpaired) electrons. The maximum absolute atomic E-state index is 6.09. The number of oxazole rings is 1. The Kier molecular flexibility index (Phi) is 5.17. The first-order valence-electron chi connectivity index (χ1n) is 10.0. The van der Waals surface area contributed by atoms with Crippen LogP contribution in [0.5, 0.6) is 11.8 Å². The summed E-state index contributed by atoms with van der Waals surface area (Å²) in [6.45, 7) is 0.470. The van der Waals surface area contributed by atoms with Gasteiger partial charge < -0.3 is 13.9 Å². The van der Waals surface area contributed by atoms with Crippen molar-refractivity contribution in [3.63, 3.8) is 0 Å². The largest absolute Gasteiger partial charge is 0.486 e. The molecule has 1 saturated carbocycles. The second kappa shape index (κ2) is 8.25. The van der Waals surface area contributed by atoms with Gasteiger partial charge in [0.05, 0.1) is 5.56 Å². The van der Waals surface area contributed by atoms with Crippen LogP contribution in [0.3, 0.4) is 0 Å². The Hall–Kier alpha value is -2.86. The molecule has 2 heterocycles. The van der Waals surface area contributed by atoms with E-state index >= 15 is 0 Å². The molecule has 6 heteroatoms. The molecule has 5 nitrogen and oxygen atoms in total. The summed E-state index contributed by atoms with van der Waals surface area (Å²) < 4.78 is 18.2. The van der Waals surface area contributed by atoms with E-state index < -0.39 is 0 Å². The number of nitrogens with zero attached hydrogens (tertiary/aromatic N) is 2. The fourth-order valence-corrected chi connectivity index (χ4v) is 4.38. The van der Waals surface area contributed by atoms with Gasteiger partial charge in [0.2, 0.25) is 0 Å². The number of rotatable bonds is 6. The minimum Gasteiger partial charge on any atom is -0.486 e. The van der Waals surface area contributed by atoms with Crippen molar-refractivity contribution < 1.29 is 13.9 Å². The van der Waals surface area contributed by atoms with Gasteiger partial charge in [0, 0.05) is 11.6 Å². The lowest BCUT2D eigenvalue weighted by atomic mass is 9.98. The predicted molar refractivity (Wildman–Crippen MR) is 113 cm³/mol. The number of benzene rings is 2. The molecule has 0 bridgehead atoms. The summed E-state index contributed by atoms with van der Waals surface area (Å²) in [6.07, 6.45) is 8.06. The molecule has 4 aromatic rings. The van der Waals surface area contributed by atoms with Crippen molar-refractivity contribution in [2.24, 2.45) is 0 Å². The molecule has 1 fully saturated rings. The fourth-order valence-electron chi connectivity index (χ4n) is 3.72. The van der Waals surface area contributed by atoms with Gasteiger partial charge in [0.25, 0.3) is 0 Å². The smallest absolute Gasteiger partial charge is 0.395 e. The van der Waals surface area contributed by atoms with Gasteiger partial charge in [-0.1, -0.05) is 36.8 Å². The second-order valence-corrected chi connectivity index (χ2v) is 8.15. The van der Waals surface area contributed by atoms with Crippen LogP contribution < -0.4 is 9.47 Å². The van der Waals surface area contributed by atoms with Crippen LogP contribution in [0.1, 0.15) is 37.7 Å². The Labute approximate surface area is 173 Å². The van der Waals surface area contributed by atoms with Crippen LogP contribution in [0.4, 0.5) is 0 Å². The number of aromatic nitrogens is 2. The molecular weight excluding hydrogens is 384 g/mol. The van der Waals surface area contributed by atoms with Crippen LogP contribution in [0, 0.1) is 0 Å². The van der Waals surface area contributed by atoms with Crippen molar-refractivity contribution >= 4 is 22.4 Å². The highest BCUT2D eigenvalue weighted by Crippen LogP contribution is 2.38. The van der Waals surface area contributed by atoms with Crippen LogP contribution in [-0.2, 0) is 6.61 Å². The SMILES string of the molecule is c1ccc(COc2ccc(-c3nccs3)c3oc(OC4CCCCC4)nc23)cc1. The van der Waals surface area contributed by atoms with Crippen molar-refractivity contribution in [3.8, 4) is 22.4 Å². The Bertz CT molecular complexity index is 1070. The summed E-state index contributed by atoms with van der Waals surface area (Å²) in [5.41, 5.74) is 3.36. The molecular formula is C23H22N2O3S. The highest BCUT2D eigenvalue weighted by molar-refractivity contribution is 7.13. The highest BCUT2D eigenvalue weighted by Gasteiger charge is 2.22. The quantitative estimate of drug-likeness (QED) is 0.379. The van der Waals surface area contributed by atoms with Gasteiger partial charge in [-0.2, -0.15) is 4.98 Å². The number of fused-ring (bicyclic) bond motifs is 1. The van der Waals surface area contributed by atoms with Crippen molar-refractivity contribution in [1.82, 2.24) is 9.97 Å². The van der Waals surface area contributed by atoms with Gasteiger partial charge in [0.15, 0.2) is 11.1 Å². The molecule has 0 saturated heterocycles. The van der Waals surface area contributed by atoms with Crippen LogP contribution >= 0.6 is 11.3 Å². The van der Waals surface area contributed by atoms with Crippen LogP contribution in [0.15, 0.2) is 58.5 Å². The second-order valence-electron chi connectivity index (χ2n) is 7.26. The van der Waals surface area contributed by atoms with Crippen LogP contribution in [0.25, 0.3) is 21.7 Å². The van der Waals surface area contributed by atoms with E-state index in [-0.39, 0.29) is 6.10 Å². The average molecular weight is 407 g/mol. The van der Waals surface area contributed by atoms with E-state index in [1.165, 1.54) is 19.3 Å². The molecule has 0 unspecified atom stereocenters. The minimum atomic E-state index is 0.175. The summed E-state index contributed by atoms with van der Waals surface area (Å²) in [4.78, 5) is 9.09. The van der Waals surface area contributed by atoms with Gasteiger partial charge >= 0.3 is 6.08 Å². The lowest BCUT2D eigenvalue weighted by Crippen LogP contribution is -2.19. The normalized spacial score (nSPS) is 14.9. The van der Waals surface area contributed by atoms with E-state index in [0.29, 0.717) is 29.5 Å². The van der Waals surface area contributed by atoms with Crippen LogP contribution in [0.2, 0.25) is 0 Å². The van der Waals surface area contributed by atoms with E-state index in [0.717, 1.165) is 29.0 Å². The topological polar surface area (TPSA) is 57.4 Å². The molecule has 0 spiro atoms. The summed E-state index contributed by atoms with van der Waals surface area (Å²) in [5.74, 6) is 0.686. The highest BCUT2D eigenvalue weighted by atomic mass is 32.1. The molecule has 0 N–H and O–H groups in total. The number of hydrogen-bond acceptors (Lipinski definition) is 6. The third-order valence-electron chi connectivity index (χ3n) is 5.21. The van der Waals surface area contributed by atoms with E-state index in [4.69, 9.17) is 13.9 Å². The van der Waals surface area contributed by atoms with Crippen molar-refractivity contribution in [3.05, 3.63) is 59.6 Å². The summed E-state index contributed by atoms with van der Waals surface area (Å²) >= 11 is 1.57. The molecule has 1 aliphatic carbocycles. The summed E-state index contributed by atoms with van der Waals surface area (Å²) in [5, 5.41) is 2.85. The molecule has 29 heavy (non-hydrogen) atoms. The van der Waals surface area contributed by atoms with E-state index in [1.54, 1.807) is 17.5 Å². The lowest BCUT2D eigenvalue weighted by molar-refractivity contribution is 0.115. The molecule has 5 rings (SSSR count). The van der Waals surface area contributed by atoms with Gasteiger partial charge in [-0.05, 0) is 43.4 Å². The standard InChI is InChI=1S/C23H22N2O3S/c1-3-7-16(8-4-1)15-26-19-12-11-18(22-24-13-14-29-22)21-20(19)25-23(28-21)27-17-9-5-2-6-10-17/h1,3-4,7-8,11-14,17H,2,5-6,9-10,15H2. The van der Waals surface area contributed by atoms with Gasteiger partial charge in [-0.25, -0.2) is 4.98 Å². The number of ether oxygens (including phenoxy) is 2. The lowest BCUT2D eigenvalue weighted by Gasteiger charge is -2.20. The summed E-state index contributed by atoms with van der Waals surface area (Å²) in [6, 6.07) is 14.0. The zero-order chi connectivity index (χ0) is 19.5. The third-order valence-corrected chi connectivity index (χ3v) is 6.01. The van der Waals surface area contributed by atoms with Crippen molar-refractivity contribution in [2.45, 2.75) is 44.8 Å². The first kappa shape index (κ1) is 18.2. The number of thiazole rings is 1. The maximum Gasteiger partial charge on any atom is 0.395 e. The van der Waals surface area contributed by atoms with Crippen molar-refractivity contribution in [2.75, 3.05) is 0 Å². The Morgan fingerprint density at radius 2 is 1.90 bits per heavy atom.